The van der Waals surface area contributed by atoms with Gasteiger partial charge >= 0.3 is 0 Å². The number of halogens is 1. The van der Waals surface area contributed by atoms with E-state index in [4.69, 9.17) is 4.74 Å². The lowest BCUT2D eigenvalue weighted by Crippen LogP contribution is -2.39. The summed E-state index contributed by atoms with van der Waals surface area (Å²) in [6.45, 7) is 3.40. The van der Waals surface area contributed by atoms with Gasteiger partial charge in [0.2, 0.25) is 0 Å². The van der Waals surface area contributed by atoms with Crippen LogP contribution >= 0.6 is 35.3 Å². The fourth-order valence-corrected chi connectivity index (χ4v) is 3.57. The number of aromatic nitrogens is 4. The molecule has 0 bridgehead atoms. The minimum atomic E-state index is 0. The quantitative estimate of drug-likeness (QED) is 0.296. The van der Waals surface area contributed by atoms with E-state index in [2.05, 4.69) is 35.8 Å². The highest BCUT2D eigenvalue weighted by Crippen LogP contribution is 2.20. The number of guanidine groups is 1. The zero-order chi connectivity index (χ0) is 19.2. The van der Waals surface area contributed by atoms with E-state index in [0.29, 0.717) is 6.54 Å². The maximum absolute atomic E-state index is 5.33. The molecule has 0 amide bonds. The standard InChI is InChI=1S/C18H25N7OS.HI/c1-13(26-4)17-21-14(12-27-17)11-24(3)18(19-2)20-9-8-16-23-22-15-7-5-6-10-25(15)16;/h5-7,10,12-13H,8-9,11H2,1-4H3,(H,19,20);1H. The van der Waals surface area contributed by atoms with E-state index < -0.39 is 0 Å². The molecule has 0 spiro atoms. The minimum Gasteiger partial charge on any atom is -0.375 e. The third-order valence-electron chi connectivity index (χ3n) is 4.26. The van der Waals surface area contributed by atoms with Gasteiger partial charge in [-0.05, 0) is 19.1 Å². The number of fused-ring (bicyclic) bond motifs is 1. The maximum Gasteiger partial charge on any atom is 0.193 e. The van der Waals surface area contributed by atoms with Gasteiger partial charge in [0.25, 0.3) is 0 Å². The average molecular weight is 515 g/mol. The molecule has 3 rings (SSSR count). The molecule has 8 nitrogen and oxygen atoms in total. The molecule has 0 radical (unpaired) electrons. The van der Waals surface area contributed by atoms with Crippen molar-refractivity contribution in [2.75, 3.05) is 27.7 Å². The highest BCUT2D eigenvalue weighted by atomic mass is 127. The Bertz CT molecular complexity index is 910. The topological polar surface area (TPSA) is 79.9 Å². The van der Waals surface area contributed by atoms with Crippen LogP contribution in [0.1, 0.15) is 29.6 Å². The van der Waals surface area contributed by atoms with Gasteiger partial charge in [-0.1, -0.05) is 6.07 Å². The first-order valence-corrected chi connectivity index (χ1v) is 9.68. The number of nitrogens with zero attached hydrogens (tertiary/aromatic N) is 6. The Balaban J connectivity index is 0.00000280. The van der Waals surface area contributed by atoms with Crippen LogP contribution in [0.15, 0.2) is 34.8 Å². The van der Waals surface area contributed by atoms with Crippen molar-refractivity contribution >= 4 is 46.9 Å². The van der Waals surface area contributed by atoms with E-state index in [0.717, 1.165) is 41.1 Å². The molecule has 0 saturated carbocycles. The summed E-state index contributed by atoms with van der Waals surface area (Å²) >= 11 is 1.62. The Labute approximate surface area is 186 Å². The fourth-order valence-electron chi connectivity index (χ4n) is 2.73. The molecule has 0 saturated heterocycles. The Hall–Kier alpha value is -1.79. The summed E-state index contributed by atoms with van der Waals surface area (Å²) in [5.41, 5.74) is 1.87. The van der Waals surface area contributed by atoms with E-state index in [1.54, 1.807) is 25.5 Å². The summed E-state index contributed by atoms with van der Waals surface area (Å²) in [6, 6.07) is 5.88. The second kappa shape index (κ2) is 10.7. The van der Waals surface area contributed by atoms with Crippen LogP contribution in [0.2, 0.25) is 0 Å². The lowest BCUT2D eigenvalue weighted by atomic mass is 10.4. The zero-order valence-corrected chi connectivity index (χ0v) is 19.6. The van der Waals surface area contributed by atoms with Crippen molar-refractivity contribution in [3.05, 3.63) is 46.3 Å². The second-order valence-corrected chi connectivity index (χ2v) is 7.07. The summed E-state index contributed by atoms with van der Waals surface area (Å²) in [7, 11) is 5.48. The molecule has 3 heterocycles. The summed E-state index contributed by atoms with van der Waals surface area (Å²) in [5.74, 6) is 1.74. The first kappa shape index (κ1) is 22.5. The molecule has 1 N–H and O–H groups in total. The summed E-state index contributed by atoms with van der Waals surface area (Å²) in [6.07, 6.45) is 2.75. The molecule has 1 unspecified atom stereocenters. The van der Waals surface area contributed by atoms with Gasteiger partial charge in [0.15, 0.2) is 11.6 Å². The molecule has 0 aliphatic heterocycles. The van der Waals surface area contributed by atoms with Crippen LogP contribution in [0.4, 0.5) is 0 Å². The number of methoxy groups -OCH3 is 1. The van der Waals surface area contributed by atoms with Gasteiger partial charge in [-0.3, -0.25) is 9.39 Å². The summed E-state index contributed by atoms with van der Waals surface area (Å²) < 4.78 is 7.33. The lowest BCUT2D eigenvalue weighted by molar-refractivity contribution is 0.119. The number of pyridine rings is 1. The molecular weight excluding hydrogens is 489 g/mol. The second-order valence-electron chi connectivity index (χ2n) is 6.18. The minimum absolute atomic E-state index is 0. The Morgan fingerprint density at radius 3 is 2.96 bits per heavy atom. The summed E-state index contributed by atoms with van der Waals surface area (Å²) in [4.78, 5) is 11.1. The number of nitrogens with one attached hydrogen (secondary N) is 1. The molecule has 0 aliphatic rings. The zero-order valence-electron chi connectivity index (χ0n) is 16.5. The molecule has 10 heteroatoms. The fraction of sp³-hybridized carbons (Fsp3) is 0.444. The van der Waals surface area contributed by atoms with Crippen LogP contribution < -0.4 is 5.32 Å². The van der Waals surface area contributed by atoms with Crippen molar-refractivity contribution in [3.63, 3.8) is 0 Å². The van der Waals surface area contributed by atoms with Crippen LogP contribution in [0.5, 0.6) is 0 Å². The molecule has 28 heavy (non-hydrogen) atoms. The molecule has 3 aromatic heterocycles. The van der Waals surface area contributed by atoms with Gasteiger partial charge in [0.05, 0.1) is 12.2 Å². The van der Waals surface area contributed by atoms with Crippen molar-refractivity contribution in [3.8, 4) is 0 Å². The van der Waals surface area contributed by atoms with Crippen molar-refractivity contribution < 1.29 is 4.74 Å². The van der Waals surface area contributed by atoms with Crippen molar-refractivity contribution in [1.29, 1.82) is 0 Å². The number of thiazole rings is 1. The molecule has 0 aromatic carbocycles. The van der Waals surface area contributed by atoms with Gasteiger partial charge in [-0.15, -0.1) is 45.5 Å². The number of hydrogen-bond acceptors (Lipinski definition) is 6. The van der Waals surface area contributed by atoms with Crippen LogP contribution in [0, 0.1) is 0 Å². The molecule has 1 atom stereocenters. The number of rotatable bonds is 7. The predicted molar refractivity (Wildman–Crippen MR) is 122 cm³/mol. The van der Waals surface area contributed by atoms with Crippen LogP contribution in [0.25, 0.3) is 5.65 Å². The number of aliphatic imine (C=N–C) groups is 1. The molecular formula is C18H26IN7OS. The predicted octanol–water partition coefficient (Wildman–Crippen LogP) is 2.76. The summed E-state index contributed by atoms with van der Waals surface area (Å²) in [5, 5.41) is 14.9. The highest BCUT2D eigenvalue weighted by Gasteiger charge is 2.13. The van der Waals surface area contributed by atoms with Gasteiger partial charge in [0.1, 0.15) is 16.9 Å². The SMILES string of the molecule is CN=C(NCCc1nnc2ccccn12)N(C)Cc1csc(C(C)OC)n1.I. The van der Waals surface area contributed by atoms with Crippen LogP contribution in [0.3, 0.4) is 0 Å². The van der Waals surface area contributed by atoms with Gasteiger partial charge in [0, 0.05) is 45.7 Å². The smallest absolute Gasteiger partial charge is 0.193 e. The van der Waals surface area contributed by atoms with Crippen molar-refractivity contribution in [2.24, 2.45) is 4.99 Å². The Kier molecular flexibility index (Phi) is 8.58. The number of ether oxygens (including phenoxy) is 1. The van der Waals surface area contributed by atoms with E-state index >= 15 is 0 Å². The van der Waals surface area contributed by atoms with Gasteiger partial charge in [-0.2, -0.15) is 0 Å². The van der Waals surface area contributed by atoms with E-state index in [1.165, 1.54) is 0 Å². The Morgan fingerprint density at radius 2 is 2.21 bits per heavy atom. The van der Waals surface area contributed by atoms with Crippen LogP contribution in [-0.4, -0.2) is 58.2 Å². The molecule has 0 aliphatic carbocycles. The normalized spacial score (nSPS) is 12.6. The third kappa shape index (κ3) is 5.39. The lowest BCUT2D eigenvalue weighted by Gasteiger charge is -2.21. The Morgan fingerprint density at radius 1 is 1.39 bits per heavy atom. The first-order valence-electron chi connectivity index (χ1n) is 8.80. The maximum atomic E-state index is 5.33. The average Bonchev–Trinajstić information content (AvgIpc) is 3.32. The van der Waals surface area contributed by atoms with E-state index in [1.807, 2.05) is 42.8 Å². The first-order chi connectivity index (χ1) is 13.1. The molecule has 3 aromatic rings. The van der Waals surface area contributed by atoms with Crippen LogP contribution in [-0.2, 0) is 17.7 Å². The van der Waals surface area contributed by atoms with Crippen molar-refractivity contribution in [2.45, 2.75) is 26.0 Å². The van der Waals surface area contributed by atoms with E-state index in [9.17, 15) is 0 Å². The third-order valence-corrected chi connectivity index (χ3v) is 5.31. The number of hydrogen-bond donors (Lipinski definition) is 1. The largest absolute Gasteiger partial charge is 0.375 e. The van der Waals surface area contributed by atoms with Gasteiger partial charge in [-0.25, -0.2) is 4.98 Å². The van der Waals surface area contributed by atoms with Gasteiger partial charge < -0.3 is 15.0 Å². The molecule has 152 valence electrons. The van der Waals surface area contributed by atoms with E-state index in [-0.39, 0.29) is 30.1 Å². The highest BCUT2D eigenvalue weighted by molar-refractivity contribution is 14.0. The monoisotopic (exact) mass is 515 g/mol. The van der Waals surface area contributed by atoms with Crippen molar-refractivity contribution in [1.82, 2.24) is 29.8 Å². The molecule has 0 fully saturated rings.